The maximum absolute atomic E-state index is 12.6. The molecule has 0 spiro atoms. The fourth-order valence-corrected chi connectivity index (χ4v) is 3.98. The van der Waals surface area contributed by atoms with Crippen LogP contribution in [0.4, 0.5) is 5.82 Å². The number of nitrogens with one attached hydrogen (secondary N) is 1. The lowest BCUT2D eigenvalue weighted by atomic mass is 10.0. The predicted molar refractivity (Wildman–Crippen MR) is 102 cm³/mol. The molecule has 0 bridgehead atoms. The second kappa shape index (κ2) is 7.54. The molecule has 136 valence electrons. The summed E-state index contributed by atoms with van der Waals surface area (Å²) in [5.41, 5.74) is 3.48. The van der Waals surface area contributed by atoms with Crippen LogP contribution in [0.3, 0.4) is 0 Å². The number of aromatic nitrogens is 2. The molecule has 0 aliphatic carbocycles. The molecule has 1 atom stereocenters. The Kier molecular flexibility index (Phi) is 4.98. The molecule has 3 heterocycles. The van der Waals surface area contributed by atoms with E-state index in [0.717, 1.165) is 61.5 Å². The van der Waals surface area contributed by atoms with Crippen LogP contribution in [0.5, 0.6) is 0 Å². The number of carbonyl (C=O) groups is 1. The molecule has 0 saturated carbocycles. The Bertz CT molecular complexity index is 784. The first kappa shape index (κ1) is 17.2. The van der Waals surface area contributed by atoms with Crippen molar-refractivity contribution in [1.82, 2.24) is 15.3 Å². The van der Waals surface area contributed by atoms with E-state index in [1.807, 2.05) is 11.0 Å². The maximum atomic E-state index is 12.6. The van der Waals surface area contributed by atoms with Gasteiger partial charge in [0.05, 0.1) is 6.04 Å². The fourth-order valence-electron chi connectivity index (χ4n) is 3.98. The van der Waals surface area contributed by atoms with Crippen LogP contribution in [0, 0.1) is 6.92 Å². The summed E-state index contributed by atoms with van der Waals surface area (Å²) in [6, 6.07) is 10.7. The second-order valence-electron chi connectivity index (χ2n) is 7.25. The summed E-state index contributed by atoms with van der Waals surface area (Å²) in [6.07, 6.45) is 5.46. The molecule has 5 nitrogen and oxygen atoms in total. The van der Waals surface area contributed by atoms with Gasteiger partial charge in [0.1, 0.15) is 11.6 Å². The predicted octanol–water partition coefficient (Wildman–Crippen LogP) is 3.12. The number of hydrogen-bond donors (Lipinski definition) is 1. The summed E-state index contributed by atoms with van der Waals surface area (Å²) in [5.74, 6) is 1.89. The van der Waals surface area contributed by atoms with Gasteiger partial charge in [-0.15, -0.1) is 0 Å². The number of nitrogens with zero attached hydrogens (tertiary/aromatic N) is 3. The number of fused-ring (bicyclic) bond motifs is 1. The largest absolute Gasteiger partial charge is 0.307 e. The van der Waals surface area contributed by atoms with Crippen molar-refractivity contribution in [2.75, 3.05) is 18.0 Å². The van der Waals surface area contributed by atoms with Gasteiger partial charge in [-0.25, -0.2) is 9.97 Å². The second-order valence-corrected chi connectivity index (χ2v) is 7.25. The molecule has 1 aromatic heterocycles. The zero-order valence-corrected chi connectivity index (χ0v) is 15.4. The number of carbonyl (C=O) groups excluding carboxylic acids is 1. The molecule has 1 fully saturated rings. The van der Waals surface area contributed by atoms with Gasteiger partial charge in [0.25, 0.3) is 0 Å². The van der Waals surface area contributed by atoms with Crippen LogP contribution in [0.2, 0.25) is 0 Å². The van der Waals surface area contributed by atoms with E-state index in [0.29, 0.717) is 13.0 Å². The van der Waals surface area contributed by atoms with Crippen LogP contribution < -0.4 is 10.2 Å². The van der Waals surface area contributed by atoms with Crippen molar-refractivity contribution in [3.8, 4) is 0 Å². The van der Waals surface area contributed by atoms with E-state index < -0.39 is 0 Å². The van der Waals surface area contributed by atoms with Gasteiger partial charge in [-0.3, -0.25) is 9.69 Å². The van der Waals surface area contributed by atoms with Crippen molar-refractivity contribution >= 4 is 11.7 Å². The Morgan fingerprint density at radius 2 is 2.04 bits per heavy atom. The summed E-state index contributed by atoms with van der Waals surface area (Å²) < 4.78 is 0. The van der Waals surface area contributed by atoms with Crippen molar-refractivity contribution in [2.24, 2.45) is 0 Å². The Morgan fingerprint density at radius 1 is 1.19 bits per heavy atom. The van der Waals surface area contributed by atoms with Crippen LogP contribution in [0.25, 0.3) is 0 Å². The third kappa shape index (κ3) is 3.49. The molecule has 5 heteroatoms. The monoisotopic (exact) mass is 350 g/mol. The number of benzene rings is 1. The van der Waals surface area contributed by atoms with E-state index in [9.17, 15) is 4.79 Å². The fraction of sp³-hybridized carbons (Fsp3) is 0.476. The van der Waals surface area contributed by atoms with Gasteiger partial charge in [0, 0.05) is 24.2 Å². The summed E-state index contributed by atoms with van der Waals surface area (Å²) in [4.78, 5) is 24.1. The van der Waals surface area contributed by atoms with E-state index in [1.54, 1.807) is 0 Å². The van der Waals surface area contributed by atoms with Crippen LogP contribution in [0.15, 0.2) is 30.3 Å². The van der Waals surface area contributed by atoms with Crippen LogP contribution in [-0.4, -0.2) is 29.0 Å². The Hall–Kier alpha value is -2.27. The highest BCUT2D eigenvalue weighted by atomic mass is 16.2. The molecule has 0 radical (unpaired) electrons. The Labute approximate surface area is 154 Å². The average Bonchev–Trinajstić information content (AvgIpc) is 3.19. The molecule has 2 aliphatic rings. The normalized spacial score (nSPS) is 19.7. The quantitative estimate of drug-likeness (QED) is 0.900. The molecular formula is C21H26N4O. The number of aryl methyl sites for hydroxylation is 2. The molecule has 1 unspecified atom stereocenters. The Morgan fingerprint density at radius 3 is 2.81 bits per heavy atom. The standard InChI is InChI=1S/C21H26N4O/c1-15-17-11-12-19(26)25(14-6-9-16-7-3-2-4-8-16)21(17)24-20(23-15)18-10-5-13-22-18/h2-4,7-8,18,22H,5-6,9-14H2,1H3. The number of rotatable bonds is 5. The smallest absolute Gasteiger partial charge is 0.228 e. The third-order valence-electron chi connectivity index (χ3n) is 5.42. The number of amides is 1. The van der Waals surface area contributed by atoms with Crippen LogP contribution in [0.1, 0.15) is 54.4 Å². The van der Waals surface area contributed by atoms with Crippen LogP contribution in [-0.2, 0) is 17.6 Å². The zero-order valence-electron chi connectivity index (χ0n) is 15.4. The van der Waals surface area contributed by atoms with Gasteiger partial charge in [0.2, 0.25) is 5.91 Å². The lowest BCUT2D eigenvalue weighted by Crippen LogP contribution is -2.38. The molecule has 1 aromatic carbocycles. The van der Waals surface area contributed by atoms with E-state index in [2.05, 4.69) is 36.5 Å². The zero-order chi connectivity index (χ0) is 17.9. The molecule has 2 aliphatic heterocycles. The minimum absolute atomic E-state index is 0.189. The lowest BCUT2D eigenvalue weighted by molar-refractivity contribution is -0.119. The molecule has 2 aromatic rings. The van der Waals surface area contributed by atoms with Gasteiger partial charge in [-0.05, 0) is 51.1 Å². The molecule has 1 amide bonds. The van der Waals surface area contributed by atoms with Gasteiger partial charge in [-0.2, -0.15) is 0 Å². The summed E-state index contributed by atoms with van der Waals surface area (Å²) in [5, 5.41) is 3.47. The minimum Gasteiger partial charge on any atom is -0.307 e. The van der Waals surface area contributed by atoms with Gasteiger partial charge in [-0.1, -0.05) is 30.3 Å². The van der Waals surface area contributed by atoms with Crippen LogP contribution >= 0.6 is 0 Å². The maximum Gasteiger partial charge on any atom is 0.228 e. The first-order valence-corrected chi connectivity index (χ1v) is 9.67. The molecule has 26 heavy (non-hydrogen) atoms. The number of anilines is 1. The topological polar surface area (TPSA) is 58.1 Å². The lowest BCUT2D eigenvalue weighted by Gasteiger charge is -2.30. The van der Waals surface area contributed by atoms with E-state index in [4.69, 9.17) is 9.97 Å². The highest BCUT2D eigenvalue weighted by molar-refractivity contribution is 5.95. The molecular weight excluding hydrogens is 324 g/mol. The van der Waals surface area contributed by atoms with E-state index in [-0.39, 0.29) is 11.9 Å². The van der Waals surface area contributed by atoms with E-state index >= 15 is 0 Å². The first-order valence-electron chi connectivity index (χ1n) is 9.67. The van der Waals surface area contributed by atoms with Crippen molar-refractivity contribution in [3.63, 3.8) is 0 Å². The third-order valence-corrected chi connectivity index (χ3v) is 5.42. The van der Waals surface area contributed by atoms with Crippen molar-refractivity contribution in [2.45, 2.75) is 51.5 Å². The first-order chi connectivity index (χ1) is 12.7. The molecule has 1 saturated heterocycles. The summed E-state index contributed by atoms with van der Waals surface area (Å²) in [6.45, 7) is 3.79. The molecule has 1 N–H and O–H groups in total. The highest BCUT2D eigenvalue weighted by Crippen LogP contribution is 2.31. The SMILES string of the molecule is Cc1nc(C2CCCN2)nc2c1CCC(=O)N2CCCc1ccccc1. The van der Waals surface area contributed by atoms with Gasteiger partial charge in [0.15, 0.2) is 0 Å². The van der Waals surface area contributed by atoms with Crippen molar-refractivity contribution in [3.05, 3.63) is 53.0 Å². The number of hydrogen-bond acceptors (Lipinski definition) is 4. The van der Waals surface area contributed by atoms with Crippen molar-refractivity contribution < 1.29 is 4.79 Å². The van der Waals surface area contributed by atoms with Gasteiger partial charge < -0.3 is 5.32 Å². The summed E-state index contributed by atoms with van der Waals surface area (Å²) in [7, 11) is 0. The van der Waals surface area contributed by atoms with E-state index in [1.165, 1.54) is 5.56 Å². The molecule has 4 rings (SSSR count). The highest BCUT2D eigenvalue weighted by Gasteiger charge is 2.29. The van der Waals surface area contributed by atoms with Gasteiger partial charge >= 0.3 is 0 Å². The summed E-state index contributed by atoms with van der Waals surface area (Å²) >= 11 is 0. The average molecular weight is 350 g/mol. The van der Waals surface area contributed by atoms with Crippen molar-refractivity contribution in [1.29, 1.82) is 0 Å². The Balaban J connectivity index is 1.55. The minimum atomic E-state index is 0.189.